The molecule has 0 amide bonds. The van der Waals surface area contributed by atoms with Gasteiger partial charge in [-0.3, -0.25) is 4.79 Å². The highest BCUT2D eigenvalue weighted by Gasteiger charge is 2.05. The molecule has 0 saturated heterocycles. The number of ether oxygens (including phenoxy) is 1. The smallest absolute Gasteiger partial charge is 0.273 e. The zero-order valence-corrected chi connectivity index (χ0v) is 10.2. The molecule has 1 aromatic carbocycles. The molecule has 0 aliphatic heterocycles. The summed E-state index contributed by atoms with van der Waals surface area (Å²) in [6.45, 7) is 0.297. The van der Waals surface area contributed by atoms with E-state index in [-0.39, 0.29) is 10.9 Å². The Morgan fingerprint density at radius 2 is 2.11 bits per heavy atom. The summed E-state index contributed by atoms with van der Waals surface area (Å²) in [5.41, 5.74) is 0.666. The molecule has 2 aromatic rings. The predicted molar refractivity (Wildman–Crippen MR) is 70.8 cm³/mol. The second-order valence-electron chi connectivity index (χ2n) is 3.47. The van der Waals surface area contributed by atoms with Crippen molar-refractivity contribution in [1.82, 2.24) is 9.97 Å². The van der Waals surface area contributed by atoms with Crippen molar-refractivity contribution in [2.45, 2.75) is 0 Å². The molecule has 0 aliphatic carbocycles. The average Bonchev–Trinajstić information content (AvgIpc) is 2.40. The molecule has 2 rings (SSSR count). The molecule has 4 nitrogen and oxygen atoms in total. The molecule has 1 N–H and O–H groups in total. The lowest BCUT2D eigenvalue weighted by Crippen LogP contribution is -2.09. The number of nitrogens with one attached hydrogen (secondary N) is 1. The Bertz CT molecular complexity index is 593. The SMILES string of the molecule is O=c1[nH]cnc(OC/C=C/c2ccccc2)c1Cl. The van der Waals surface area contributed by atoms with Crippen LogP contribution in [0.15, 0.2) is 47.5 Å². The molecular weight excluding hydrogens is 252 g/mol. The monoisotopic (exact) mass is 262 g/mol. The van der Waals surface area contributed by atoms with E-state index in [9.17, 15) is 4.79 Å². The molecule has 1 heterocycles. The van der Waals surface area contributed by atoms with Gasteiger partial charge in [-0.05, 0) is 11.6 Å². The molecule has 0 fully saturated rings. The molecule has 92 valence electrons. The van der Waals surface area contributed by atoms with Crippen LogP contribution in [0, 0.1) is 0 Å². The van der Waals surface area contributed by atoms with Crippen LogP contribution in [-0.2, 0) is 0 Å². The Morgan fingerprint density at radius 3 is 2.89 bits per heavy atom. The van der Waals surface area contributed by atoms with Gasteiger partial charge in [0.1, 0.15) is 6.61 Å². The maximum atomic E-state index is 11.2. The minimum absolute atomic E-state index is 0.0365. The minimum Gasteiger partial charge on any atom is -0.472 e. The Hall–Kier alpha value is -2.07. The van der Waals surface area contributed by atoms with Gasteiger partial charge in [0.05, 0.1) is 6.33 Å². The summed E-state index contributed by atoms with van der Waals surface area (Å²) in [6.07, 6.45) is 5.00. The van der Waals surface area contributed by atoms with Crippen LogP contribution < -0.4 is 10.3 Å². The fourth-order valence-corrected chi connectivity index (χ4v) is 1.50. The third kappa shape index (κ3) is 3.21. The van der Waals surface area contributed by atoms with Crippen molar-refractivity contribution in [1.29, 1.82) is 0 Å². The van der Waals surface area contributed by atoms with E-state index in [1.807, 2.05) is 42.5 Å². The summed E-state index contributed by atoms with van der Waals surface area (Å²) in [6, 6.07) is 9.82. The normalized spacial score (nSPS) is 10.7. The van der Waals surface area contributed by atoms with Crippen LogP contribution in [0.3, 0.4) is 0 Å². The number of halogens is 1. The highest BCUT2D eigenvalue weighted by Crippen LogP contribution is 2.14. The Balaban J connectivity index is 1.95. The van der Waals surface area contributed by atoms with E-state index >= 15 is 0 Å². The number of hydrogen-bond acceptors (Lipinski definition) is 3. The quantitative estimate of drug-likeness (QED) is 0.921. The molecule has 18 heavy (non-hydrogen) atoms. The van der Waals surface area contributed by atoms with Crippen LogP contribution in [0.1, 0.15) is 5.56 Å². The van der Waals surface area contributed by atoms with Crippen LogP contribution in [0.5, 0.6) is 5.88 Å². The van der Waals surface area contributed by atoms with E-state index in [2.05, 4.69) is 9.97 Å². The highest BCUT2D eigenvalue weighted by molar-refractivity contribution is 6.31. The molecular formula is C13H11ClN2O2. The largest absolute Gasteiger partial charge is 0.472 e. The van der Waals surface area contributed by atoms with Gasteiger partial charge in [-0.2, -0.15) is 0 Å². The Kier molecular flexibility index (Phi) is 4.15. The molecule has 0 spiro atoms. The van der Waals surface area contributed by atoms with Crippen LogP contribution >= 0.6 is 11.6 Å². The minimum atomic E-state index is -0.409. The van der Waals surface area contributed by atoms with Crippen molar-refractivity contribution in [3.05, 3.63) is 63.7 Å². The maximum Gasteiger partial charge on any atom is 0.273 e. The topological polar surface area (TPSA) is 55.0 Å². The maximum absolute atomic E-state index is 11.2. The van der Waals surface area contributed by atoms with E-state index < -0.39 is 5.56 Å². The van der Waals surface area contributed by atoms with Crippen LogP contribution in [0.4, 0.5) is 0 Å². The summed E-state index contributed by atoms with van der Waals surface area (Å²) in [5.74, 6) is 0.137. The van der Waals surface area contributed by atoms with Crippen molar-refractivity contribution < 1.29 is 4.74 Å². The lowest BCUT2D eigenvalue weighted by molar-refractivity contribution is 0.348. The first-order valence-electron chi connectivity index (χ1n) is 5.35. The van der Waals surface area contributed by atoms with Crippen molar-refractivity contribution in [3.8, 4) is 5.88 Å². The third-order valence-electron chi connectivity index (χ3n) is 2.19. The summed E-state index contributed by atoms with van der Waals surface area (Å²) >= 11 is 5.73. The van der Waals surface area contributed by atoms with Crippen molar-refractivity contribution in [2.24, 2.45) is 0 Å². The van der Waals surface area contributed by atoms with Crippen LogP contribution in [0.25, 0.3) is 6.08 Å². The molecule has 0 radical (unpaired) electrons. The standard InChI is InChI=1S/C13H11ClN2O2/c14-11-12(17)15-9-16-13(11)18-8-4-7-10-5-2-1-3-6-10/h1-7,9H,8H2,(H,15,16,17)/b7-4+. The second kappa shape index (κ2) is 6.02. The van der Waals surface area contributed by atoms with E-state index in [4.69, 9.17) is 16.3 Å². The van der Waals surface area contributed by atoms with Gasteiger partial charge in [-0.1, -0.05) is 48.0 Å². The third-order valence-corrected chi connectivity index (χ3v) is 2.52. The summed E-state index contributed by atoms with van der Waals surface area (Å²) in [7, 11) is 0. The van der Waals surface area contributed by atoms with Gasteiger partial charge in [-0.25, -0.2) is 4.98 Å². The van der Waals surface area contributed by atoms with Gasteiger partial charge in [-0.15, -0.1) is 0 Å². The van der Waals surface area contributed by atoms with Gasteiger partial charge < -0.3 is 9.72 Å². The molecule has 0 unspecified atom stereocenters. The molecule has 0 aliphatic rings. The van der Waals surface area contributed by atoms with Crippen LogP contribution in [0.2, 0.25) is 5.02 Å². The van der Waals surface area contributed by atoms with E-state index in [1.165, 1.54) is 6.33 Å². The summed E-state index contributed by atoms with van der Waals surface area (Å²) < 4.78 is 5.29. The van der Waals surface area contributed by atoms with Crippen molar-refractivity contribution >= 4 is 17.7 Å². The summed E-state index contributed by atoms with van der Waals surface area (Å²) in [4.78, 5) is 17.4. The first-order chi connectivity index (χ1) is 8.77. The lowest BCUT2D eigenvalue weighted by atomic mass is 10.2. The van der Waals surface area contributed by atoms with Gasteiger partial charge >= 0.3 is 0 Å². The first-order valence-corrected chi connectivity index (χ1v) is 5.73. The van der Waals surface area contributed by atoms with Crippen molar-refractivity contribution in [2.75, 3.05) is 6.61 Å². The van der Waals surface area contributed by atoms with Gasteiger partial charge in [0, 0.05) is 0 Å². The molecule has 0 saturated carbocycles. The number of benzene rings is 1. The van der Waals surface area contributed by atoms with E-state index in [1.54, 1.807) is 0 Å². The summed E-state index contributed by atoms with van der Waals surface area (Å²) in [5, 5.41) is -0.0365. The molecule has 1 aromatic heterocycles. The van der Waals surface area contributed by atoms with E-state index in [0.29, 0.717) is 6.61 Å². The molecule has 0 bridgehead atoms. The number of aromatic amines is 1. The van der Waals surface area contributed by atoms with Crippen molar-refractivity contribution in [3.63, 3.8) is 0 Å². The Morgan fingerprint density at radius 1 is 1.33 bits per heavy atom. The lowest BCUT2D eigenvalue weighted by Gasteiger charge is -2.02. The zero-order valence-electron chi connectivity index (χ0n) is 9.47. The zero-order chi connectivity index (χ0) is 12.8. The average molecular weight is 263 g/mol. The van der Waals surface area contributed by atoms with Gasteiger partial charge in [0.15, 0.2) is 5.02 Å². The van der Waals surface area contributed by atoms with Gasteiger partial charge in [0.2, 0.25) is 5.88 Å². The number of nitrogens with zero attached hydrogens (tertiary/aromatic N) is 1. The number of aromatic nitrogens is 2. The number of H-pyrrole nitrogens is 1. The molecule has 5 heteroatoms. The van der Waals surface area contributed by atoms with Gasteiger partial charge in [0.25, 0.3) is 5.56 Å². The fourth-order valence-electron chi connectivity index (χ4n) is 1.34. The number of rotatable bonds is 4. The van der Waals surface area contributed by atoms with E-state index in [0.717, 1.165) is 5.56 Å². The number of hydrogen-bond donors (Lipinski definition) is 1. The fraction of sp³-hybridized carbons (Fsp3) is 0.0769. The van der Waals surface area contributed by atoms with Crippen LogP contribution in [-0.4, -0.2) is 16.6 Å². The first kappa shape index (κ1) is 12.4. The second-order valence-corrected chi connectivity index (χ2v) is 3.85. The molecule has 0 atom stereocenters. The Labute approximate surface area is 109 Å². The highest BCUT2D eigenvalue weighted by atomic mass is 35.5. The predicted octanol–water partition coefficient (Wildman–Crippen LogP) is 2.52.